The number of hydrogen-bond donors (Lipinski definition) is 0. The molecule has 0 N–H and O–H groups in total. The van der Waals surface area contributed by atoms with Gasteiger partial charge >= 0.3 is 11.9 Å². The fraction of sp³-hybridized carbons (Fsp3) is 0.960. The number of ether oxygens (including phenoxy) is 2. The highest BCUT2D eigenvalue weighted by Gasteiger charge is 2.30. The molecule has 332 valence electrons. The average Bonchev–Trinajstić information content (AvgIpc) is 3.21. The summed E-state index contributed by atoms with van der Waals surface area (Å²) < 4.78 is 11.8. The molecule has 0 bridgehead atoms. The third-order valence-corrected chi connectivity index (χ3v) is 12.9. The van der Waals surface area contributed by atoms with E-state index in [0.717, 1.165) is 103 Å². The van der Waals surface area contributed by atoms with E-state index in [-0.39, 0.29) is 23.8 Å². The molecule has 56 heavy (non-hydrogen) atoms. The molecule has 0 aromatic carbocycles. The second-order valence-electron chi connectivity index (χ2n) is 18.0. The molecule has 0 heterocycles. The Morgan fingerprint density at radius 2 is 0.714 bits per heavy atom. The molecule has 0 aromatic rings. The van der Waals surface area contributed by atoms with Gasteiger partial charge in [-0.1, -0.05) is 169 Å². The van der Waals surface area contributed by atoms with Gasteiger partial charge in [-0.15, -0.1) is 0 Å². The first-order valence-corrected chi connectivity index (χ1v) is 25.1. The van der Waals surface area contributed by atoms with Crippen molar-refractivity contribution >= 4 is 11.9 Å². The highest BCUT2D eigenvalue weighted by Crippen LogP contribution is 2.27. The summed E-state index contributed by atoms with van der Waals surface area (Å²) in [6, 6.07) is 1.23. The van der Waals surface area contributed by atoms with Crippen molar-refractivity contribution in [1.29, 1.82) is 0 Å². The summed E-state index contributed by atoms with van der Waals surface area (Å²) in [6.45, 7) is 12.4. The third-order valence-electron chi connectivity index (χ3n) is 12.9. The second-order valence-corrected chi connectivity index (χ2v) is 18.0. The van der Waals surface area contributed by atoms with Crippen LogP contribution in [0.5, 0.6) is 0 Å². The number of likely N-dealkylation sites (N-methyl/N-ethyl adjacent to an activating group) is 2. The lowest BCUT2D eigenvalue weighted by Crippen LogP contribution is -2.51. The fourth-order valence-electron chi connectivity index (χ4n) is 9.05. The van der Waals surface area contributed by atoms with Gasteiger partial charge < -0.3 is 19.3 Å². The van der Waals surface area contributed by atoms with Crippen molar-refractivity contribution in [2.75, 3.05) is 40.4 Å². The van der Waals surface area contributed by atoms with E-state index in [9.17, 15) is 9.59 Å². The van der Waals surface area contributed by atoms with E-state index in [2.05, 4.69) is 51.6 Å². The number of carbonyl (C=O) groups is 2. The zero-order chi connectivity index (χ0) is 40.9. The van der Waals surface area contributed by atoms with Gasteiger partial charge in [0.1, 0.15) is 0 Å². The number of carbonyl (C=O) groups excluding carboxylic acids is 2. The molecule has 0 spiro atoms. The van der Waals surface area contributed by atoms with Crippen LogP contribution in [0.4, 0.5) is 0 Å². The molecule has 0 saturated heterocycles. The molecule has 6 nitrogen and oxygen atoms in total. The van der Waals surface area contributed by atoms with Gasteiger partial charge in [-0.05, 0) is 104 Å². The van der Waals surface area contributed by atoms with Crippen molar-refractivity contribution in [2.24, 2.45) is 11.8 Å². The van der Waals surface area contributed by atoms with Crippen LogP contribution in [0, 0.1) is 11.8 Å². The number of rotatable bonds is 40. The van der Waals surface area contributed by atoms with Gasteiger partial charge in [0.05, 0.1) is 25.0 Å². The standard InChI is InChI=1S/C50H98N2O4/c1-7-11-15-19-21-27-37-45(35-25-17-13-9-3)49(53)55-43-33-23-31-41-51(5)47-39-29-30-40-48(47)52(6)42-32-24-34-44-56-50(54)46(36-26-18-14-10-4)38-28-22-20-16-12-8-2/h45-48H,7-44H2,1-6H3/t45?,46?,47-,48-/m1/s1. The lowest BCUT2D eigenvalue weighted by atomic mass is 9.88. The van der Waals surface area contributed by atoms with Gasteiger partial charge in [-0.2, -0.15) is 0 Å². The van der Waals surface area contributed by atoms with Crippen LogP contribution in [0.15, 0.2) is 0 Å². The Balaban J connectivity index is 2.36. The summed E-state index contributed by atoms with van der Waals surface area (Å²) >= 11 is 0. The lowest BCUT2D eigenvalue weighted by molar-refractivity contribution is -0.150. The summed E-state index contributed by atoms with van der Waals surface area (Å²) in [4.78, 5) is 31.4. The van der Waals surface area contributed by atoms with E-state index in [1.165, 1.54) is 128 Å². The molecule has 1 fully saturated rings. The smallest absolute Gasteiger partial charge is 0.308 e. The van der Waals surface area contributed by atoms with E-state index in [4.69, 9.17) is 9.47 Å². The van der Waals surface area contributed by atoms with Gasteiger partial charge in [0, 0.05) is 12.1 Å². The van der Waals surface area contributed by atoms with Crippen LogP contribution in [0.1, 0.15) is 246 Å². The molecule has 0 aliphatic heterocycles. The highest BCUT2D eigenvalue weighted by molar-refractivity contribution is 5.72. The van der Waals surface area contributed by atoms with Gasteiger partial charge in [0.25, 0.3) is 0 Å². The summed E-state index contributed by atoms with van der Waals surface area (Å²) in [5, 5.41) is 0. The summed E-state index contributed by atoms with van der Waals surface area (Å²) in [5.74, 6) is 0.344. The van der Waals surface area contributed by atoms with Crippen LogP contribution < -0.4 is 0 Å². The van der Waals surface area contributed by atoms with Crippen LogP contribution in [0.2, 0.25) is 0 Å². The molecule has 2 unspecified atom stereocenters. The summed E-state index contributed by atoms with van der Waals surface area (Å²) in [5.41, 5.74) is 0. The number of esters is 2. The van der Waals surface area contributed by atoms with E-state index in [1.807, 2.05) is 0 Å². The van der Waals surface area contributed by atoms with Crippen LogP contribution >= 0.6 is 0 Å². The third kappa shape index (κ3) is 27.5. The van der Waals surface area contributed by atoms with Crippen molar-refractivity contribution < 1.29 is 19.1 Å². The number of nitrogens with zero attached hydrogens (tertiary/aromatic N) is 2. The van der Waals surface area contributed by atoms with Gasteiger partial charge in [-0.3, -0.25) is 9.59 Å². The largest absolute Gasteiger partial charge is 0.465 e. The Labute approximate surface area is 350 Å². The molecule has 0 aromatic heterocycles. The molecular formula is C50H98N2O4. The van der Waals surface area contributed by atoms with Crippen molar-refractivity contribution in [1.82, 2.24) is 9.80 Å². The zero-order valence-electron chi connectivity index (χ0n) is 38.7. The molecule has 1 saturated carbocycles. The van der Waals surface area contributed by atoms with Crippen molar-refractivity contribution in [2.45, 2.75) is 258 Å². The maximum Gasteiger partial charge on any atom is 0.308 e. The normalized spacial score (nSPS) is 17.1. The Hall–Kier alpha value is -1.14. The van der Waals surface area contributed by atoms with Crippen molar-refractivity contribution in [3.8, 4) is 0 Å². The van der Waals surface area contributed by atoms with Crippen molar-refractivity contribution in [3.63, 3.8) is 0 Å². The first kappa shape index (κ1) is 52.9. The second kappa shape index (κ2) is 38.1. The molecule has 1 rings (SSSR count). The van der Waals surface area contributed by atoms with Crippen LogP contribution in [0.3, 0.4) is 0 Å². The van der Waals surface area contributed by atoms with Crippen LogP contribution in [-0.4, -0.2) is 74.2 Å². The van der Waals surface area contributed by atoms with Crippen LogP contribution in [0.25, 0.3) is 0 Å². The Kier molecular flexibility index (Phi) is 36.0. The molecule has 1 aliphatic carbocycles. The number of unbranched alkanes of at least 4 members (excludes halogenated alkanes) is 20. The maximum absolute atomic E-state index is 13.1. The lowest BCUT2D eigenvalue weighted by Gasteiger charge is -2.42. The van der Waals surface area contributed by atoms with Crippen LogP contribution in [-0.2, 0) is 19.1 Å². The topological polar surface area (TPSA) is 59.1 Å². The maximum atomic E-state index is 13.1. The Morgan fingerprint density at radius 3 is 1.05 bits per heavy atom. The minimum Gasteiger partial charge on any atom is -0.465 e. The fourth-order valence-corrected chi connectivity index (χ4v) is 9.05. The minimum absolute atomic E-state index is 0.0712. The average molecular weight is 791 g/mol. The van der Waals surface area contributed by atoms with Gasteiger partial charge in [0.15, 0.2) is 0 Å². The minimum atomic E-state index is 0.0712. The van der Waals surface area contributed by atoms with Crippen molar-refractivity contribution in [3.05, 3.63) is 0 Å². The quantitative estimate of drug-likeness (QED) is 0.0455. The van der Waals surface area contributed by atoms with E-state index >= 15 is 0 Å². The molecule has 0 radical (unpaired) electrons. The Bertz CT molecular complexity index is 813. The highest BCUT2D eigenvalue weighted by atomic mass is 16.5. The molecular weight excluding hydrogens is 693 g/mol. The molecule has 6 heteroatoms. The monoisotopic (exact) mass is 791 g/mol. The van der Waals surface area contributed by atoms with Gasteiger partial charge in [-0.25, -0.2) is 0 Å². The predicted molar refractivity (Wildman–Crippen MR) is 241 cm³/mol. The van der Waals surface area contributed by atoms with Gasteiger partial charge in [0.2, 0.25) is 0 Å². The molecule has 1 aliphatic rings. The predicted octanol–water partition coefficient (Wildman–Crippen LogP) is 14.3. The first-order chi connectivity index (χ1) is 27.4. The summed E-state index contributed by atoms with van der Waals surface area (Å²) in [7, 11) is 4.67. The van der Waals surface area contributed by atoms with E-state index in [1.54, 1.807) is 0 Å². The van der Waals surface area contributed by atoms with E-state index < -0.39 is 0 Å². The van der Waals surface area contributed by atoms with E-state index in [0.29, 0.717) is 25.3 Å². The number of hydrogen-bond acceptors (Lipinski definition) is 6. The molecule has 0 amide bonds. The SMILES string of the molecule is CCCCCCCCC(CCCCCC)C(=O)OCCCCCN(C)[C@@H]1CCCC[C@H]1N(C)CCCCCOC(=O)C(CCCCCC)CCCCCCCC. The Morgan fingerprint density at radius 1 is 0.429 bits per heavy atom. The zero-order valence-corrected chi connectivity index (χ0v) is 38.7. The first-order valence-electron chi connectivity index (χ1n) is 25.1. The summed E-state index contributed by atoms with van der Waals surface area (Å²) in [6.07, 6.45) is 40.9. The molecule has 4 atom stereocenters.